The van der Waals surface area contributed by atoms with Crippen molar-refractivity contribution >= 4 is 18.3 Å². The third-order valence-electron chi connectivity index (χ3n) is 4.20. The van der Waals surface area contributed by atoms with Crippen LogP contribution >= 0.6 is 12.4 Å². The Labute approximate surface area is 137 Å². The highest BCUT2D eigenvalue weighted by Crippen LogP contribution is 2.28. The Kier molecular flexibility index (Phi) is 5.58. The quantitative estimate of drug-likeness (QED) is 0.945. The molecule has 0 bridgehead atoms. The van der Waals surface area contributed by atoms with Gasteiger partial charge in [-0.15, -0.1) is 12.4 Å². The number of nitrogens with zero attached hydrogens (tertiary/aromatic N) is 1. The summed E-state index contributed by atoms with van der Waals surface area (Å²) in [6, 6.07) is 19.4. The van der Waals surface area contributed by atoms with Gasteiger partial charge in [-0.2, -0.15) is 0 Å². The zero-order valence-electron chi connectivity index (χ0n) is 12.4. The highest BCUT2D eigenvalue weighted by molar-refractivity contribution is 5.85. The number of benzene rings is 2. The first-order valence-corrected chi connectivity index (χ1v) is 7.40. The molecular weight excluding hydrogens is 296 g/mol. The number of carbonyl (C=O) groups excluding carboxylic acids is 1. The molecule has 22 heavy (non-hydrogen) atoms. The fourth-order valence-electron chi connectivity index (χ4n) is 2.96. The van der Waals surface area contributed by atoms with Gasteiger partial charge in [0.25, 0.3) is 0 Å². The number of rotatable bonds is 3. The van der Waals surface area contributed by atoms with Gasteiger partial charge < -0.3 is 10.6 Å². The Morgan fingerprint density at radius 3 is 2.27 bits per heavy atom. The van der Waals surface area contributed by atoms with Crippen molar-refractivity contribution in [2.45, 2.75) is 18.4 Å². The van der Waals surface area contributed by atoms with E-state index in [0.29, 0.717) is 5.92 Å². The minimum absolute atomic E-state index is 0. The molecule has 2 aromatic carbocycles. The molecule has 2 N–H and O–H groups in total. The number of carbonyl (C=O) groups is 1. The molecule has 2 atom stereocenters. The Morgan fingerprint density at radius 1 is 1.05 bits per heavy atom. The summed E-state index contributed by atoms with van der Waals surface area (Å²) in [7, 11) is 0. The molecule has 2 unspecified atom stereocenters. The van der Waals surface area contributed by atoms with Gasteiger partial charge in [-0.1, -0.05) is 60.7 Å². The number of likely N-dealkylation sites (tertiary alicyclic amines) is 1. The van der Waals surface area contributed by atoms with Crippen LogP contribution in [0.25, 0.3) is 0 Å². The van der Waals surface area contributed by atoms with Crippen molar-refractivity contribution in [3.8, 4) is 0 Å². The zero-order chi connectivity index (χ0) is 14.7. The molecule has 4 heteroatoms. The highest BCUT2D eigenvalue weighted by Gasteiger charge is 2.30. The molecule has 1 amide bonds. The van der Waals surface area contributed by atoms with E-state index in [4.69, 9.17) is 5.73 Å². The van der Waals surface area contributed by atoms with Gasteiger partial charge in [0, 0.05) is 19.0 Å². The molecule has 116 valence electrons. The van der Waals surface area contributed by atoms with Crippen LogP contribution in [-0.2, 0) is 4.79 Å². The van der Waals surface area contributed by atoms with Crippen LogP contribution in [0.15, 0.2) is 60.7 Å². The van der Waals surface area contributed by atoms with Gasteiger partial charge in [0.15, 0.2) is 0 Å². The van der Waals surface area contributed by atoms with Crippen molar-refractivity contribution in [3.63, 3.8) is 0 Å². The molecule has 0 radical (unpaired) electrons. The molecular formula is C18H21ClN2O. The van der Waals surface area contributed by atoms with Crippen LogP contribution in [-0.4, -0.2) is 23.9 Å². The Balaban J connectivity index is 0.00000176. The summed E-state index contributed by atoms with van der Waals surface area (Å²) in [6.45, 7) is 1.56. The summed E-state index contributed by atoms with van der Waals surface area (Å²) in [5.41, 5.74) is 8.30. The third kappa shape index (κ3) is 3.49. The van der Waals surface area contributed by atoms with Gasteiger partial charge in [0.05, 0.1) is 0 Å². The Hall–Kier alpha value is -1.84. The van der Waals surface area contributed by atoms with E-state index in [0.717, 1.165) is 25.1 Å². The lowest BCUT2D eigenvalue weighted by Gasteiger charge is -2.21. The molecule has 3 nitrogen and oxygen atoms in total. The van der Waals surface area contributed by atoms with E-state index in [-0.39, 0.29) is 18.3 Å². The molecule has 0 saturated carbocycles. The summed E-state index contributed by atoms with van der Waals surface area (Å²) in [6.07, 6.45) is 1.01. The fraction of sp³-hybridized carbons (Fsp3) is 0.278. The van der Waals surface area contributed by atoms with Crippen molar-refractivity contribution in [1.82, 2.24) is 4.90 Å². The first-order chi connectivity index (χ1) is 10.3. The van der Waals surface area contributed by atoms with Crippen LogP contribution in [0, 0.1) is 0 Å². The van der Waals surface area contributed by atoms with E-state index >= 15 is 0 Å². The molecule has 2 aromatic rings. The number of nitrogens with two attached hydrogens (primary N) is 1. The number of hydrogen-bond acceptors (Lipinski definition) is 2. The topological polar surface area (TPSA) is 46.3 Å². The van der Waals surface area contributed by atoms with Crippen LogP contribution in [0.3, 0.4) is 0 Å². The van der Waals surface area contributed by atoms with Crippen LogP contribution < -0.4 is 5.73 Å². The lowest BCUT2D eigenvalue weighted by molar-refractivity contribution is -0.131. The molecule has 1 heterocycles. The first-order valence-electron chi connectivity index (χ1n) is 7.40. The number of hydrogen-bond donors (Lipinski definition) is 1. The van der Waals surface area contributed by atoms with E-state index < -0.39 is 6.04 Å². The van der Waals surface area contributed by atoms with Gasteiger partial charge in [0.1, 0.15) is 6.04 Å². The summed E-state index contributed by atoms with van der Waals surface area (Å²) >= 11 is 0. The average molecular weight is 317 g/mol. The second-order valence-corrected chi connectivity index (χ2v) is 5.57. The molecule has 3 rings (SSSR count). The molecule has 1 aliphatic rings. The predicted octanol–water partition coefficient (Wildman–Crippen LogP) is 3.12. The van der Waals surface area contributed by atoms with E-state index in [1.807, 2.05) is 41.3 Å². The zero-order valence-corrected chi connectivity index (χ0v) is 13.2. The second-order valence-electron chi connectivity index (χ2n) is 5.57. The van der Waals surface area contributed by atoms with Gasteiger partial charge in [-0.05, 0) is 17.5 Å². The second kappa shape index (κ2) is 7.43. The van der Waals surface area contributed by atoms with Gasteiger partial charge in [-0.3, -0.25) is 4.79 Å². The maximum absolute atomic E-state index is 12.5. The standard InChI is InChI=1S/C18H20N2O.ClH/c19-17(15-9-5-2-6-10-15)18(21)20-12-11-16(13-20)14-7-3-1-4-8-14;/h1-10,16-17H,11-13,19H2;1H. The molecule has 1 fully saturated rings. The Bertz CT molecular complexity index is 603. The molecule has 1 aliphatic heterocycles. The van der Waals surface area contributed by atoms with E-state index in [1.165, 1.54) is 5.56 Å². The first kappa shape index (κ1) is 16.5. The summed E-state index contributed by atoms with van der Waals surface area (Å²) in [5.74, 6) is 0.456. The van der Waals surface area contributed by atoms with Gasteiger partial charge in [0.2, 0.25) is 5.91 Å². The van der Waals surface area contributed by atoms with E-state index in [1.54, 1.807) is 0 Å². The smallest absolute Gasteiger partial charge is 0.244 e. The third-order valence-corrected chi connectivity index (χ3v) is 4.20. The van der Waals surface area contributed by atoms with Crippen LogP contribution in [0.1, 0.15) is 29.5 Å². The van der Waals surface area contributed by atoms with E-state index in [9.17, 15) is 4.79 Å². The Morgan fingerprint density at radius 2 is 1.64 bits per heavy atom. The molecule has 1 saturated heterocycles. The summed E-state index contributed by atoms with van der Waals surface area (Å²) in [4.78, 5) is 14.4. The lowest BCUT2D eigenvalue weighted by atomic mass is 9.99. The van der Waals surface area contributed by atoms with Gasteiger partial charge >= 0.3 is 0 Å². The lowest BCUT2D eigenvalue weighted by Crippen LogP contribution is -2.36. The SMILES string of the molecule is Cl.NC(C(=O)N1CCC(c2ccccc2)C1)c1ccccc1. The van der Waals surface area contributed by atoms with Crippen molar-refractivity contribution in [3.05, 3.63) is 71.8 Å². The van der Waals surface area contributed by atoms with E-state index in [2.05, 4.69) is 24.3 Å². The molecule has 0 aromatic heterocycles. The van der Waals surface area contributed by atoms with Crippen LogP contribution in [0.5, 0.6) is 0 Å². The average Bonchev–Trinajstić information content (AvgIpc) is 3.05. The maximum Gasteiger partial charge on any atom is 0.244 e. The molecule has 0 spiro atoms. The summed E-state index contributed by atoms with van der Waals surface area (Å²) in [5, 5.41) is 0. The minimum atomic E-state index is -0.555. The minimum Gasteiger partial charge on any atom is -0.340 e. The summed E-state index contributed by atoms with van der Waals surface area (Å²) < 4.78 is 0. The number of halogens is 1. The maximum atomic E-state index is 12.5. The normalized spacial score (nSPS) is 18.6. The fourth-order valence-corrected chi connectivity index (χ4v) is 2.96. The largest absolute Gasteiger partial charge is 0.340 e. The van der Waals surface area contributed by atoms with Gasteiger partial charge in [-0.25, -0.2) is 0 Å². The van der Waals surface area contributed by atoms with Crippen molar-refractivity contribution in [2.75, 3.05) is 13.1 Å². The van der Waals surface area contributed by atoms with Crippen molar-refractivity contribution in [1.29, 1.82) is 0 Å². The van der Waals surface area contributed by atoms with Crippen LogP contribution in [0.4, 0.5) is 0 Å². The van der Waals surface area contributed by atoms with Crippen LogP contribution in [0.2, 0.25) is 0 Å². The van der Waals surface area contributed by atoms with Crippen molar-refractivity contribution in [2.24, 2.45) is 5.73 Å². The monoisotopic (exact) mass is 316 g/mol. The number of amides is 1. The highest BCUT2D eigenvalue weighted by atomic mass is 35.5. The predicted molar refractivity (Wildman–Crippen MR) is 91.0 cm³/mol. The van der Waals surface area contributed by atoms with Crippen molar-refractivity contribution < 1.29 is 4.79 Å². The molecule has 0 aliphatic carbocycles.